The summed E-state index contributed by atoms with van der Waals surface area (Å²) in [6, 6.07) is 8.70. The Kier molecular flexibility index (Phi) is 5.92. The van der Waals surface area contributed by atoms with Crippen LogP contribution < -0.4 is 0 Å². The van der Waals surface area contributed by atoms with E-state index in [-0.39, 0.29) is 0 Å². The van der Waals surface area contributed by atoms with Gasteiger partial charge in [0.25, 0.3) is 0 Å². The van der Waals surface area contributed by atoms with Crippen LogP contribution in [-0.2, 0) is 6.42 Å². The summed E-state index contributed by atoms with van der Waals surface area (Å²) >= 11 is 2.44. The summed E-state index contributed by atoms with van der Waals surface area (Å²) < 4.78 is 1.28. The van der Waals surface area contributed by atoms with Crippen LogP contribution in [0.4, 0.5) is 0 Å². The van der Waals surface area contributed by atoms with Crippen LogP contribution in [0.25, 0.3) is 6.08 Å². The van der Waals surface area contributed by atoms with Crippen LogP contribution in [-0.4, -0.2) is 4.43 Å². The second-order valence-corrected chi connectivity index (χ2v) is 4.52. The van der Waals surface area contributed by atoms with E-state index in [9.17, 15) is 0 Å². The molecule has 14 heavy (non-hydrogen) atoms. The lowest BCUT2D eigenvalue weighted by atomic mass is 10.1. The van der Waals surface area contributed by atoms with Crippen molar-refractivity contribution >= 4 is 28.7 Å². The molecule has 1 heteroatoms. The third-order valence-electron chi connectivity index (χ3n) is 2.31. The third kappa shape index (κ3) is 4.27. The zero-order chi connectivity index (χ0) is 10.2. The molecule has 0 saturated carbocycles. The van der Waals surface area contributed by atoms with Gasteiger partial charge in [0.15, 0.2) is 0 Å². The molecular weight excluding hydrogens is 283 g/mol. The molecule has 0 spiro atoms. The molecule has 0 aliphatic rings. The first-order valence-electron chi connectivity index (χ1n) is 5.14. The van der Waals surface area contributed by atoms with E-state index in [4.69, 9.17) is 0 Å². The molecule has 0 heterocycles. The van der Waals surface area contributed by atoms with E-state index in [1.807, 2.05) is 6.08 Å². The number of benzene rings is 1. The van der Waals surface area contributed by atoms with Crippen molar-refractivity contribution in [2.45, 2.75) is 25.7 Å². The lowest BCUT2D eigenvalue weighted by Crippen LogP contribution is -1.86. The standard InChI is InChI=1S/C13H17I/c1-2-12-7-9-13(10-8-12)6-4-3-5-11-14/h2,7-10H,1,3-6,11H2. The fourth-order valence-electron chi connectivity index (χ4n) is 1.42. The van der Waals surface area contributed by atoms with Crippen molar-refractivity contribution in [2.75, 3.05) is 4.43 Å². The maximum Gasteiger partial charge on any atom is -0.000473 e. The first-order valence-corrected chi connectivity index (χ1v) is 6.66. The van der Waals surface area contributed by atoms with Gasteiger partial charge in [-0.3, -0.25) is 0 Å². The zero-order valence-electron chi connectivity index (χ0n) is 8.51. The van der Waals surface area contributed by atoms with Gasteiger partial charge >= 0.3 is 0 Å². The normalized spacial score (nSPS) is 10.1. The topological polar surface area (TPSA) is 0 Å². The highest BCUT2D eigenvalue weighted by molar-refractivity contribution is 14.1. The van der Waals surface area contributed by atoms with Crippen LogP contribution in [0.15, 0.2) is 30.8 Å². The summed E-state index contributed by atoms with van der Waals surface area (Å²) in [5.41, 5.74) is 2.66. The van der Waals surface area contributed by atoms with Crippen molar-refractivity contribution in [2.24, 2.45) is 0 Å². The highest BCUT2D eigenvalue weighted by Gasteiger charge is 1.93. The number of alkyl halides is 1. The number of hydrogen-bond acceptors (Lipinski definition) is 0. The Morgan fingerprint density at radius 3 is 2.36 bits per heavy atom. The largest absolute Gasteiger partial charge is 0.0985 e. The van der Waals surface area contributed by atoms with Gasteiger partial charge in [0.05, 0.1) is 0 Å². The van der Waals surface area contributed by atoms with E-state index in [1.165, 1.54) is 41.2 Å². The van der Waals surface area contributed by atoms with Crippen molar-refractivity contribution in [3.05, 3.63) is 42.0 Å². The molecule has 0 bridgehead atoms. The van der Waals surface area contributed by atoms with Crippen molar-refractivity contribution in [3.8, 4) is 0 Å². The summed E-state index contributed by atoms with van der Waals surface area (Å²) in [7, 11) is 0. The Labute approximate surface area is 101 Å². The molecule has 0 fully saturated rings. The van der Waals surface area contributed by atoms with Crippen LogP contribution in [0, 0.1) is 0 Å². The number of aryl methyl sites for hydroxylation is 1. The summed E-state index contributed by atoms with van der Waals surface area (Å²) in [4.78, 5) is 0. The minimum Gasteiger partial charge on any atom is -0.0985 e. The van der Waals surface area contributed by atoms with Crippen molar-refractivity contribution < 1.29 is 0 Å². The Morgan fingerprint density at radius 1 is 1.07 bits per heavy atom. The van der Waals surface area contributed by atoms with E-state index in [0.29, 0.717) is 0 Å². The zero-order valence-corrected chi connectivity index (χ0v) is 10.7. The van der Waals surface area contributed by atoms with Gasteiger partial charge in [-0.15, -0.1) is 0 Å². The quantitative estimate of drug-likeness (QED) is 0.413. The molecule has 0 saturated heterocycles. The van der Waals surface area contributed by atoms with Gasteiger partial charge in [-0.2, -0.15) is 0 Å². The van der Waals surface area contributed by atoms with Gasteiger partial charge in [-0.05, 0) is 34.8 Å². The summed E-state index contributed by atoms with van der Waals surface area (Å²) in [6.45, 7) is 3.75. The van der Waals surface area contributed by atoms with Crippen molar-refractivity contribution in [1.29, 1.82) is 0 Å². The molecule has 0 unspecified atom stereocenters. The second-order valence-electron chi connectivity index (χ2n) is 3.45. The molecule has 0 nitrogen and oxygen atoms in total. The number of halogens is 1. The van der Waals surface area contributed by atoms with Gasteiger partial charge in [0, 0.05) is 0 Å². The van der Waals surface area contributed by atoms with Gasteiger partial charge in [-0.25, -0.2) is 0 Å². The predicted molar refractivity (Wildman–Crippen MR) is 73.0 cm³/mol. The minimum absolute atomic E-state index is 1.21. The van der Waals surface area contributed by atoms with Crippen LogP contribution in [0.3, 0.4) is 0 Å². The maximum atomic E-state index is 3.75. The molecule has 0 aliphatic heterocycles. The van der Waals surface area contributed by atoms with Crippen molar-refractivity contribution in [3.63, 3.8) is 0 Å². The average molecular weight is 300 g/mol. The van der Waals surface area contributed by atoms with E-state index in [0.717, 1.165) is 0 Å². The van der Waals surface area contributed by atoms with Gasteiger partial charge in [-0.1, -0.05) is 65.9 Å². The predicted octanol–water partition coefficient (Wildman–Crippen LogP) is 4.48. The van der Waals surface area contributed by atoms with E-state index >= 15 is 0 Å². The van der Waals surface area contributed by atoms with E-state index in [2.05, 4.69) is 53.4 Å². The Morgan fingerprint density at radius 2 is 1.79 bits per heavy atom. The molecule has 76 valence electrons. The van der Waals surface area contributed by atoms with Crippen molar-refractivity contribution in [1.82, 2.24) is 0 Å². The molecule has 0 aromatic heterocycles. The monoisotopic (exact) mass is 300 g/mol. The molecule has 1 aromatic rings. The summed E-state index contributed by atoms with van der Waals surface area (Å²) in [5.74, 6) is 0. The lowest BCUT2D eigenvalue weighted by molar-refractivity contribution is 0.727. The summed E-state index contributed by atoms with van der Waals surface area (Å²) in [6.07, 6.45) is 7.13. The molecule has 0 atom stereocenters. The van der Waals surface area contributed by atoms with Crippen LogP contribution in [0.1, 0.15) is 30.4 Å². The van der Waals surface area contributed by atoms with E-state index in [1.54, 1.807) is 0 Å². The first kappa shape index (κ1) is 11.8. The van der Waals surface area contributed by atoms with E-state index < -0.39 is 0 Å². The molecule has 0 amide bonds. The third-order valence-corrected chi connectivity index (χ3v) is 3.08. The molecule has 1 rings (SSSR count). The minimum atomic E-state index is 1.21. The molecule has 0 aliphatic carbocycles. The molecule has 0 radical (unpaired) electrons. The fraction of sp³-hybridized carbons (Fsp3) is 0.385. The maximum absolute atomic E-state index is 3.75. The second kappa shape index (κ2) is 7.04. The van der Waals surface area contributed by atoms with Gasteiger partial charge in [0.1, 0.15) is 0 Å². The Bertz CT molecular complexity index is 261. The Balaban J connectivity index is 2.32. The van der Waals surface area contributed by atoms with Gasteiger partial charge < -0.3 is 0 Å². The average Bonchev–Trinajstić information content (AvgIpc) is 2.25. The molecule has 0 N–H and O–H groups in total. The Hall–Kier alpha value is -0.310. The van der Waals surface area contributed by atoms with Crippen LogP contribution >= 0.6 is 22.6 Å². The number of rotatable bonds is 6. The van der Waals surface area contributed by atoms with Gasteiger partial charge in [0.2, 0.25) is 0 Å². The van der Waals surface area contributed by atoms with Crippen LogP contribution in [0.2, 0.25) is 0 Å². The highest BCUT2D eigenvalue weighted by atomic mass is 127. The summed E-state index contributed by atoms with van der Waals surface area (Å²) in [5, 5.41) is 0. The van der Waals surface area contributed by atoms with Crippen LogP contribution in [0.5, 0.6) is 0 Å². The SMILES string of the molecule is C=Cc1ccc(CCCCCI)cc1. The smallest absolute Gasteiger partial charge is 0.000473 e. The fourth-order valence-corrected chi connectivity index (χ4v) is 1.96. The first-order chi connectivity index (χ1) is 6.86. The lowest BCUT2D eigenvalue weighted by Gasteiger charge is -2.01. The molecular formula is C13H17I. The highest BCUT2D eigenvalue weighted by Crippen LogP contribution is 2.09. The number of hydrogen-bond donors (Lipinski definition) is 0. The molecule has 1 aromatic carbocycles. The number of unbranched alkanes of at least 4 members (excludes halogenated alkanes) is 2.